The van der Waals surface area contributed by atoms with Gasteiger partial charge in [0.15, 0.2) is 6.10 Å². The molecule has 2 aromatic carbocycles. The lowest BCUT2D eigenvalue weighted by Gasteiger charge is -2.15. The Bertz CT molecular complexity index is 610. The van der Waals surface area contributed by atoms with Gasteiger partial charge in [-0.2, -0.15) is 0 Å². The molecule has 2 rings (SSSR count). The highest BCUT2D eigenvalue weighted by molar-refractivity contribution is 5.73. The molecule has 0 radical (unpaired) electrons. The molecule has 1 N–H and O–H groups in total. The average molecular weight is 290 g/mol. The molecule has 21 heavy (non-hydrogen) atoms. The molecule has 0 aliphatic rings. The minimum absolute atomic E-state index is 0.0476. The number of carboxylic acid groups (broad SMARTS) is 1. The lowest BCUT2D eigenvalue weighted by molar-refractivity contribution is -0.145. The summed E-state index contributed by atoms with van der Waals surface area (Å²) in [6.07, 6.45) is -1.20. The Hall–Kier alpha value is -2.56. The molecule has 0 amide bonds. The van der Waals surface area contributed by atoms with E-state index in [2.05, 4.69) is 0 Å². The quantitative estimate of drug-likeness (QED) is 0.888. The molecule has 5 heteroatoms. The number of halogens is 1. The van der Waals surface area contributed by atoms with Gasteiger partial charge in [0, 0.05) is 6.42 Å². The van der Waals surface area contributed by atoms with Gasteiger partial charge in [0.25, 0.3) is 0 Å². The second kappa shape index (κ2) is 6.74. The van der Waals surface area contributed by atoms with Crippen LogP contribution >= 0.6 is 0 Å². The Morgan fingerprint density at radius 1 is 1.14 bits per heavy atom. The van der Waals surface area contributed by atoms with Crippen LogP contribution in [0, 0.1) is 5.82 Å². The Balaban J connectivity index is 2.12. The van der Waals surface area contributed by atoms with Crippen LogP contribution in [0.5, 0.6) is 11.5 Å². The van der Waals surface area contributed by atoms with Crippen molar-refractivity contribution >= 4 is 5.97 Å². The minimum atomic E-state index is -1.16. The summed E-state index contributed by atoms with van der Waals surface area (Å²) >= 11 is 0. The van der Waals surface area contributed by atoms with Gasteiger partial charge in [-0.1, -0.05) is 18.2 Å². The third kappa shape index (κ3) is 3.95. The molecule has 0 fully saturated rings. The average Bonchev–Trinajstić information content (AvgIpc) is 2.49. The number of carboxylic acids is 1. The Morgan fingerprint density at radius 2 is 1.76 bits per heavy atom. The summed E-state index contributed by atoms with van der Waals surface area (Å²) in [5.41, 5.74) is 0.304. The number of carbonyl (C=O) groups is 1. The monoisotopic (exact) mass is 290 g/mol. The van der Waals surface area contributed by atoms with Crippen LogP contribution in [0.2, 0.25) is 0 Å². The summed E-state index contributed by atoms with van der Waals surface area (Å²) in [6, 6.07) is 12.6. The van der Waals surface area contributed by atoms with Crippen LogP contribution in [0.1, 0.15) is 5.56 Å². The van der Waals surface area contributed by atoms with Crippen LogP contribution in [-0.4, -0.2) is 24.3 Å². The summed E-state index contributed by atoms with van der Waals surface area (Å²) < 4.78 is 24.0. The number of methoxy groups -OCH3 is 1. The van der Waals surface area contributed by atoms with Crippen molar-refractivity contribution in [3.63, 3.8) is 0 Å². The molecule has 0 aliphatic heterocycles. The molecule has 0 saturated heterocycles. The van der Waals surface area contributed by atoms with Crippen molar-refractivity contribution in [3.8, 4) is 11.5 Å². The summed E-state index contributed by atoms with van der Waals surface area (Å²) in [6.45, 7) is 0. The number of hydrogen-bond donors (Lipinski definition) is 1. The molecular formula is C16H15FO4. The van der Waals surface area contributed by atoms with Gasteiger partial charge < -0.3 is 14.6 Å². The molecule has 4 nitrogen and oxygen atoms in total. The van der Waals surface area contributed by atoms with E-state index < -0.39 is 17.9 Å². The third-order valence-electron chi connectivity index (χ3n) is 2.98. The Labute approximate surface area is 121 Å². The number of ether oxygens (including phenoxy) is 2. The first-order valence-electron chi connectivity index (χ1n) is 6.37. The topological polar surface area (TPSA) is 55.8 Å². The van der Waals surface area contributed by atoms with E-state index in [0.717, 1.165) is 0 Å². The molecule has 0 saturated carbocycles. The van der Waals surface area contributed by atoms with Gasteiger partial charge in [-0.05, 0) is 35.9 Å². The van der Waals surface area contributed by atoms with Crippen molar-refractivity contribution in [2.75, 3.05) is 7.11 Å². The largest absolute Gasteiger partial charge is 0.497 e. The fourth-order valence-corrected chi connectivity index (χ4v) is 1.86. The number of aliphatic carboxylic acids is 1. The zero-order chi connectivity index (χ0) is 15.2. The van der Waals surface area contributed by atoms with Gasteiger partial charge in [0.05, 0.1) is 7.11 Å². The van der Waals surface area contributed by atoms with Crippen LogP contribution in [0.3, 0.4) is 0 Å². The van der Waals surface area contributed by atoms with Crippen LogP contribution in [0.25, 0.3) is 0 Å². The highest BCUT2D eigenvalue weighted by atomic mass is 19.1. The summed E-state index contributed by atoms with van der Waals surface area (Å²) in [5.74, 6) is -0.556. The van der Waals surface area contributed by atoms with E-state index in [-0.39, 0.29) is 6.42 Å². The standard InChI is InChI=1S/C16H15FO4/c1-20-12-6-8-13(9-7-12)21-15(16(18)19)10-11-4-2-3-5-14(11)17/h2-9,15H,10H2,1H3,(H,18,19)/t15-/m1/s1. The molecule has 1 atom stereocenters. The second-order valence-corrected chi connectivity index (χ2v) is 4.42. The minimum Gasteiger partial charge on any atom is -0.497 e. The highest BCUT2D eigenvalue weighted by Gasteiger charge is 2.21. The van der Waals surface area contributed by atoms with Gasteiger partial charge in [0.2, 0.25) is 0 Å². The van der Waals surface area contributed by atoms with Gasteiger partial charge in [-0.15, -0.1) is 0 Å². The summed E-state index contributed by atoms with van der Waals surface area (Å²) in [4.78, 5) is 11.3. The van der Waals surface area contributed by atoms with Gasteiger partial charge in [-0.3, -0.25) is 0 Å². The van der Waals surface area contributed by atoms with Gasteiger partial charge >= 0.3 is 5.97 Å². The predicted octanol–water partition coefficient (Wildman–Crippen LogP) is 2.91. The second-order valence-electron chi connectivity index (χ2n) is 4.42. The molecule has 0 heterocycles. The van der Waals surface area contributed by atoms with E-state index in [1.54, 1.807) is 42.5 Å². The SMILES string of the molecule is COc1ccc(O[C@H](Cc2ccccc2F)C(=O)O)cc1. The predicted molar refractivity (Wildman–Crippen MR) is 75.1 cm³/mol. The normalized spacial score (nSPS) is 11.7. The highest BCUT2D eigenvalue weighted by Crippen LogP contribution is 2.20. The van der Waals surface area contributed by atoms with Crippen molar-refractivity contribution in [3.05, 3.63) is 59.9 Å². The number of rotatable bonds is 6. The van der Waals surface area contributed by atoms with Crippen LogP contribution in [0.4, 0.5) is 4.39 Å². The molecule has 0 unspecified atom stereocenters. The maximum absolute atomic E-state index is 13.6. The van der Waals surface area contributed by atoms with Crippen LogP contribution < -0.4 is 9.47 Å². The number of benzene rings is 2. The maximum atomic E-state index is 13.6. The van der Waals surface area contributed by atoms with Crippen LogP contribution in [-0.2, 0) is 11.2 Å². The molecule has 0 spiro atoms. The summed E-state index contributed by atoms with van der Waals surface area (Å²) in [7, 11) is 1.54. The lowest BCUT2D eigenvalue weighted by Crippen LogP contribution is -2.29. The van der Waals surface area contributed by atoms with Gasteiger partial charge in [-0.25, -0.2) is 9.18 Å². The van der Waals surface area contributed by atoms with Crippen molar-refractivity contribution in [2.24, 2.45) is 0 Å². The summed E-state index contributed by atoms with van der Waals surface area (Å²) in [5, 5.41) is 9.22. The van der Waals surface area contributed by atoms with E-state index in [1.165, 1.54) is 13.2 Å². The van der Waals surface area contributed by atoms with Crippen molar-refractivity contribution in [1.82, 2.24) is 0 Å². The van der Waals surface area contributed by atoms with E-state index in [1.807, 2.05) is 0 Å². The molecule has 0 aromatic heterocycles. The van der Waals surface area contributed by atoms with Crippen molar-refractivity contribution in [1.29, 1.82) is 0 Å². The van der Waals surface area contributed by atoms with E-state index in [0.29, 0.717) is 17.1 Å². The zero-order valence-corrected chi connectivity index (χ0v) is 11.5. The molecule has 110 valence electrons. The smallest absolute Gasteiger partial charge is 0.345 e. The zero-order valence-electron chi connectivity index (χ0n) is 11.5. The van der Waals surface area contributed by atoms with E-state index in [9.17, 15) is 14.3 Å². The van der Waals surface area contributed by atoms with Crippen LogP contribution in [0.15, 0.2) is 48.5 Å². The fraction of sp³-hybridized carbons (Fsp3) is 0.188. The number of hydrogen-bond acceptors (Lipinski definition) is 3. The molecule has 0 aliphatic carbocycles. The van der Waals surface area contributed by atoms with E-state index in [4.69, 9.17) is 9.47 Å². The Kier molecular flexibility index (Phi) is 4.77. The Morgan fingerprint density at radius 3 is 2.33 bits per heavy atom. The lowest BCUT2D eigenvalue weighted by atomic mass is 10.1. The van der Waals surface area contributed by atoms with Crippen molar-refractivity contribution < 1.29 is 23.8 Å². The first kappa shape index (κ1) is 14.8. The molecule has 2 aromatic rings. The van der Waals surface area contributed by atoms with Crippen molar-refractivity contribution in [2.45, 2.75) is 12.5 Å². The first-order valence-corrected chi connectivity index (χ1v) is 6.37. The molecular weight excluding hydrogens is 275 g/mol. The van der Waals surface area contributed by atoms with E-state index >= 15 is 0 Å². The third-order valence-corrected chi connectivity index (χ3v) is 2.98. The van der Waals surface area contributed by atoms with Gasteiger partial charge in [0.1, 0.15) is 17.3 Å². The first-order chi connectivity index (χ1) is 10.1. The molecule has 0 bridgehead atoms. The fourth-order valence-electron chi connectivity index (χ4n) is 1.86. The maximum Gasteiger partial charge on any atom is 0.345 e.